The molecule has 1 N–H and O–H groups in total. The summed E-state index contributed by atoms with van der Waals surface area (Å²) in [5, 5.41) is 9.56. The SMILES string of the molecule is CC(C)(C)Cn1ccc2ccc(OBO)c(F)c21. The van der Waals surface area contributed by atoms with E-state index in [4.69, 9.17) is 9.68 Å². The molecule has 3 nitrogen and oxygen atoms in total. The van der Waals surface area contributed by atoms with Gasteiger partial charge < -0.3 is 14.2 Å². The van der Waals surface area contributed by atoms with Crippen molar-refractivity contribution in [1.29, 1.82) is 0 Å². The summed E-state index contributed by atoms with van der Waals surface area (Å²) >= 11 is 0. The third-order valence-corrected chi connectivity index (χ3v) is 2.70. The summed E-state index contributed by atoms with van der Waals surface area (Å²) in [5.74, 6) is -0.338. The molecule has 0 atom stereocenters. The van der Waals surface area contributed by atoms with Crippen molar-refractivity contribution in [3.8, 4) is 5.75 Å². The van der Waals surface area contributed by atoms with Crippen LogP contribution < -0.4 is 4.65 Å². The highest BCUT2D eigenvalue weighted by Gasteiger charge is 2.17. The molecule has 2 rings (SSSR count). The zero-order valence-electron chi connectivity index (χ0n) is 10.9. The van der Waals surface area contributed by atoms with Gasteiger partial charge in [-0.3, -0.25) is 0 Å². The Kier molecular flexibility index (Phi) is 3.35. The van der Waals surface area contributed by atoms with Crippen LogP contribution in [0, 0.1) is 11.2 Å². The molecule has 18 heavy (non-hydrogen) atoms. The minimum absolute atomic E-state index is 0.0617. The fourth-order valence-electron chi connectivity index (χ4n) is 2.06. The summed E-state index contributed by atoms with van der Waals surface area (Å²) in [6.45, 7) is 7.02. The number of rotatable bonds is 3. The molecular weight excluding hydrogens is 232 g/mol. The Bertz CT molecular complexity index is 560. The molecule has 0 aliphatic carbocycles. The summed E-state index contributed by atoms with van der Waals surface area (Å²) in [4.78, 5) is 0. The molecule has 96 valence electrons. The van der Waals surface area contributed by atoms with E-state index in [1.165, 1.54) is 6.07 Å². The predicted octanol–water partition coefficient (Wildman–Crippen LogP) is 2.46. The van der Waals surface area contributed by atoms with Gasteiger partial charge in [-0.15, -0.1) is 0 Å². The monoisotopic (exact) mass is 249 g/mol. The van der Waals surface area contributed by atoms with Gasteiger partial charge in [0.1, 0.15) is 5.75 Å². The van der Waals surface area contributed by atoms with Gasteiger partial charge in [0.05, 0.1) is 5.52 Å². The lowest BCUT2D eigenvalue weighted by molar-refractivity contribution is 0.347. The van der Waals surface area contributed by atoms with Gasteiger partial charge in [-0.05, 0) is 23.6 Å². The van der Waals surface area contributed by atoms with Crippen LogP contribution in [0.3, 0.4) is 0 Å². The first-order valence-electron chi connectivity index (χ1n) is 5.93. The number of benzene rings is 1. The first-order chi connectivity index (χ1) is 8.42. The maximum atomic E-state index is 14.3. The van der Waals surface area contributed by atoms with Crippen molar-refractivity contribution in [1.82, 2.24) is 4.57 Å². The number of aromatic nitrogens is 1. The normalized spacial score (nSPS) is 11.8. The Hall–Kier alpha value is -1.49. The molecule has 0 aliphatic rings. The van der Waals surface area contributed by atoms with Crippen molar-refractivity contribution in [3.05, 3.63) is 30.2 Å². The molecule has 2 aromatic rings. The minimum Gasteiger partial charge on any atom is -0.537 e. The highest BCUT2D eigenvalue weighted by molar-refractivity contribution is 6.17. The average Bonchev–Trinajstić information content (AvgIpc) is 2.64. The van der Waals surface area contributed by atoms with E-state index < -0.39 is 13.5 Å². The van der Waals surface area contributed by atoms with E-state index in [0.29, 0.717) is 5.52 Å². The van der Waals surface area contributed by atoms with Gasteiger partial charge in [0, 0.05) is 18.1 Å². The van der Waals surface area contributed by atoms with E-state index in [9.17, 15) is 4.39 Å². The molecule has 0 aliphatic heterocycles. The van der Waals surface area contributed by atoms with Crippen LogP contribution in [-0.4, -0.2) is 17.3 Å². The van der Waals surface area contributed by atoms with E-state index in [1.54, 1.807) is 6.07 Å². The lowest BCUT2D eigenvalue weighted by Gasteiger charge is -2.20. The molecule has 0 fully saturated rings. The van der Waals surface area contributed by atoms with Gasteiger partial charge in [0.2, 0.25) is 0 Å². The highest BCUT2D eigenvalue weighted by atomic mass is 19.1. The third kappa shape index (κ3) is 2.51. The molecule has 0 spiro atoms. The molecule has 0 saturated heterocycles. The second-order valence-electron chi connectivity index (χ2n) is 5.59. The molecule has 0 bridgehead atoms. The molecular formula is C13H17BFNO2. The second kappa shape index (κ2) is 4.65. The summed E-state index contributed by atoms with van der Waals surface area (Å²) in [7, 11) is -0.525. The first-order valence-corrected chi connectivity index (χ1v) is 5.93. The largest absolute Gasteiger partial charge is 0.537 e. The Labute approximate surface area is 106 Å². The van der Waals surface area contributed by atoms with Crippen molar-refractivity contribution in [2.24, 2.45) is 5.41 Å². The van der Waals surface area contributed by atoms with Crippen LogP contribution in [-0.2, 0) is 6.54 Å². The quantitative estimate of drug-likeness (QED) is 0.848. The van der Waals surface area contributed by atoms with Gasteiger partial charge in [0.15, 0.2) is 5.82 Å². The predicted molar refractivity (Wildman–Crippen MR) is 71.3 cm³/mol. The van der Waals surface area contributed by atoms with Gasteiger partial charge >= 0.3 is 7.69 Å². The van der Waals surface area contributed by atoms with Crippen LogP contribution in [0.15, 0.2) is 24.4 Å². The lowest BCUT2D eigenvalue weighted by atomic mass is 9.97. The Balaban J connectivity index is 2.52. The van der Waals surface area contributed by atoms with Crippen molar-refractivity contribution in [3.63, 3.8) is 0 Å². The summed E-state index contributed by atoms with van der Waals surface area (Å²) in [6.07, 6.45) is 1.88. The van der Waals surface area contributed by atoms with E-state index in [1.807, 2.05) is 16.8 Å². The van der Waals surface area contributed by atoms with E-state index in [-0.39, 0.29) is 11.2 Å². The number of hydrogen-bond acceptors (Lipinski definition) is 2. The second-order valence-corrected chi connectivity index (χ2v) is 5.59. The third-order valence-electron chi connectivity index (χ3n) is 2.70. The molecule has 0 saturated carbocycles. The molecule has 0 unspecified atom stereocenters. The zero-order valence-corrected chi connectivity index (χ0v) is 10.9. The molecule has 1 aromatic heterocycles. The standard InChI is InChI=1S/C13H17BFNO2/c1-13(2,3)8-16-7-6-9-4-5-10(18-14-17)11(15)12(9)16/h4-7,14,17H,8H2,1-3H3. The van der Waals surface area contributed by atoms with Gasteiger partial charge in [-0.2, -0.15) is 0 Å². The molecule has 1 heterocycles. The van der Waals surface area contributed by atoms with Crippen molar-refractivity contribution >= 4 is 18.6 Å². The van der Waals surface area contributed by atoms with Crippen LogP contribution >= 0.6 is 0 Å². The zero-order chi connectivity index (χ0) is 13.3. The lowest BCUT2D eigenvalue weighted by Crippen LogP contribution is -2.15. The summed E-state index contributed by atoms with van der Waals surface area (Å²) in [6, 6.07) is 5.21. The molecule has 0 radical (unpaired) electrons. The first kappa shape index (κ1) is 13.0. The van der Waals surface area contributed by atoms with E-state index in [0.717, 1.165) is 11.9 Å². The number of hydrogen-bond donors (Lipinski definition) is 1. The summed E-state index contributed by atoms with van der Waals surface area (Å²) < 4.78 is 21.0. The van der Waals surface area contributed by atoms with E-state index in [2.05, 4.69) is 20.8 Å². The van der Waals surface area contributed by atoms with Gasteiger partial charge in [-0.1, -0.05) is 20.8 Å². The van der Waals surface area contributed by atoms with Crippen LogP contribution in [0.1, 0.15) is 20.8 Å². The van der Waals surface area contributed by atoms with Crippen molar-refractivity contribution in [2.45, 2.75) is 27.3 Å². The smallest absolute Gasteiger partial charge is 0.504 e. The van der Waals surface area contributed by atoms with Crippen molar-refractivity contribution in [2.75, 3.05) is 0 Å². The van der Waals surface area contributed by atoms with Crippen LogP contribution in [0.25, 0.3) is 10.9 Å². The number of halogens is 1. The fraction of sp³-hybridized carbons (Fsp3) is 0.385. The van der Waals surface area contributed by atoms with Gasteiger partial charge in [-0.25, -0.2) is 4.39 Å². The molecule has 0 amide bonds. The highest BCUT2D eigenvalue weighted by Crippen LogP contribution is 2.29. The van der Waals surface area contributed by atoms with E-state index >= 15 is 0 Å². The Morgan fingerprint density at radius 2 is 2.06 bits per heavy atom. The maximum absolute atomic E-state index is 14.3. The topological polar surface area (TPSA) is 34.4 Å². The van der Waals surface area contributed by atoms with Crippen LogP contribution in [0.5, 0.6) is 5.75 Å². The fourth-order valence-corrected chi connectivity index (χ4v) is 2.06. The van der Waals surface area contributed by atoms with Crippen LogP contribution in [0.4, 0.5) is 4.39 Å². The number of nitrogens with zero attached hydrogens (tertiary/aromatic N) is 1. The van der Waals surface area contributed by atoms with Crippen LogP contribution in [0.2, 0.25) is 0 Å². The summed E-state index contributed by atoms with van der Waals surface area (Å²) in [5.41, 5.74) is 0.586. The minimum atomic E-state index is -0.525. The van der Waals surface area contributed by atoms with Crippen molar-refractivity contribution < 1.29 is 14.1 Å². The Morgan fingerprint density at radius 1 is 1.33 bits per heavy atom. The molecule has 5 heteroatoms. The molecule has 1 aromatic carbocycles. The Morgan fingerprint density at radius 3 is 2.67 bits per heavy atom. The van der Waals surface area contributed by atoms with Gasteiger partial charge in [0.25, 0.3) is 0 Å². The number of fused-ring (bicyclic) bond motifs is 1. The average molecular weight is 249 g/mol. The maximum Gasteiger partial charge on any atom is 0.504 e.